The molecule has 2 rings (SSSR count). The highest BCUT2D eigenvalue weighted by molar-refractivity contribution is 7.94. The van der Waals surface area contributed by atoms with E-state index in [0.29, 0.717) is 16.6 Å². The van der Waals surface area contributed by atoms with Gasteiger partial charge in [-0.25, -0.2) is 9.19 Å². The van der Waals surface area contributed by atoms with E-state index in [2.05, 4.69) is 21.2 Å². The zero-order valence-corrected chi connectivity index (χ0v) is 9.87. The maximum atomic E-state index is 11.4. The normalized spacial score (nSPS) is 14.5. The van der Waals surface area contributed by atoms with Crippen molar-refractivity contribution in [1.82, 2.24) is 15.3 Å². The molecule has 0 saturated heterocycles. The Hall–Kier alpha value is -1.86. The first-order valence-corrected chi connectivity index (χ1v) is 6.42. The molecule has 0 bridgehead atoms. The summed E-state index contributed by atoms with van der Waals surface area (Å²) in [4.78, 5) is 18.0. The molecule has 2 aromatic rings. The van der Waals surface area contributed by atoms with Crippen molar-refractivity contribution < 1.29 is 13.6 Å². The number of nitrogens with one attached hydrogen (secondary N) is 2. The summed E-state index contributed by atoms with van der Waals surface area (Å²) < 4.78 is 20.6. The van der Waals surface area contributed by atoms with Gasteiger partial charge in [-0.3, -0.25) is 4.79 Å². The van der Waals surface area contributed by atoms with Crippen LogP contribution >= 0.6 is 0 Å². The van der Waals surface area contributed by atoms with Gasteiger partial charge in [-0.05, 0) is 24.1 Å². The van der Waals surface area contributed by atoms with E-state index in [1.165, 1.54) is 7.05 Å². The third-order valence-corrected chi connectivity index (χ3v) is 3.05. The third-order valence-electron chi connectivity index (χ3n) is 2.25. The van der Waals surface area contributed by atoms with Gasteiger partial charge in [0, 0.05) is 12.6 Å². The molecule has 7 heteroatoms. The summed E-state index contributed by atoms with van der Waals surface area (Å²) in [5.74, 6) is 2.89. The van der Waals surface area contributed by atoms with Crippen LogP contribution in [0.25, 0.3) is 11.0 Å². The number of benzene rings is 1. The highest BCUT2D eigenvalue weighted by Crippen LogP contribution is 2.16. The number of imidazole rings is 1. The lowest BCUT2D eigenvalue weighted by molar-refractivity contribution is 0.0963. The fourth-order valence-corrected chi connectivity index (χ4v) is 1.93. The molecule has 0 radical (unpaired) electrons. The molecular formula is C10H11N3O3S. The largest absolute Gasteiger partial charge is 0.355 e. The molecule has 1 atom stereocenters. The average Bonchev–Trinajstić information content (AvgIpc) is 2.70. The standard InChI is InChI=1S/C10H11N3O3S/c1-11-9(14)6-3-4-7-8(5-6)13-10(12-7)17(2,15)16/h3-5H,2H2,1H3,(H,11,14)(H,12,13)(H,15,16). The lowest BCUT2D eigenvalue weighted by atomic mass is 10.2. The van der Waals surface area contributed by atoms with Gasteiger partial charge in [0.15, 0.2) is 0 Å². The van der Waals surface area contributed by atoms with Crippen molar-refractivity contribution in [3.63, 3.8) is 0 Å². The summed E-state index contributed by atoms with van der Waals surface area (Å²) in [6.07, 6.45) is 0. The van der Waals surface area contributed by atoms with Crippen molar-refractivity contribution in [1.29, 1.82) is 0 Å². The summed E-state index contributed by atoms with van der Waals surface area (Å²) in [6, 6.07) is 4.76. The summed E-state index contributed by atoms with van der Waals surface area (Å²) >= 11 is 0. The molecule has 6 nitrogen and oxygen atoms in total. The molecule has 17 heavy (non-hydrogen) atoms. The molecule has 1 aromatic heterocycles. The van der Waals surface area contributed by atoms with Crippen LogP contribution in [0.15, 0.2) is 23.4 Å². The first kappa shape index (κ1) is 11.6. The van der Waals surface area contributed by atoms with E-state index in [1.54, 1.807) is 18.2 Å². The number of hydrogen-bond donors (Lipinski definition) is 3. The highest BCUT2D eigenvalue weighted by atomic mass is 32.2. The highest BCUT2D eigenvalue weighted by Gasteiger charge is 2.11. The van der Waals surface area contributed by atoms with Gasteiger partial charge in [-0.15, -0.1) is 0 Å². The molecule has 0 aliphatic rings. The SMILES string of the molecule is C=S(=O)(O)c1nc2ccc(C(=O)NC)cc2[nH]1. The molecule has 0 saturated carbocycles. The number of fused-ring (bicyclic) bond motifs is 1. The number of carbonyl (C=O) groups is 1. The van der Waals surface area contributed by atoms with Crippen molar-refractivity contribution in [3.05, 3.63) is 23.8 Å². The summed E-state index contributed by atoms with van der Waals surface area (Å²) in [6.45, 7) is 0. The fraction of sp³-hybridized carbons (Fsp3) is 0.100. The van der Waals surface area contributed by atoms with Gasteiger partial charge < -0.3 is 14.9 Å². The van der Waals surface area contributed by atoms with Gasteiger partial charge >= 0.3 is 0 Å². The first-order valence-electron chi connectivity index (χ1n) is 4.73. The van der Waals surface area contributed by atoms with E-state index >= 15 is 0 Å². The number of rotatable bonds is 2. The van der Waals surface area contributed by atoms with Gasteiger partial charge in [0.1, 0.15) is 9.80 Å². The van der Waals surface area contributed by atoms with Crippen LogP contribution in [0.4, 0.5) is 0 Å². The van der Waals surface area contributed by atoms with Crippen LogP contribution in [0.3, 0.4) is 0 Å². The predicted molar refractivity (Wildman–Crippen MR) is 65.6 cm³/mol. The Balaban J connectivity index is 2.60. The first-order chi connectivity index (χ1) is 7.91. The van der Waals surface area contributed by atoms with Crippen molar-refractivity contribution in [2.24, 2.45) is 0 Å². The minimum absolute atomic E-state index is 0.0958. The van der Waals surface area contributed by atoms with Crippen molar-refractivity contribution in [2.45, 2.75) is 5.16 Å². The Kier molecular flexibility index (Phi) is 2.64. The predicted octanol–water partition coefficient (Wildman–Crippen LogP) is 0.471. The Bertz CT molecular complexity index is 688. The number of H-pyrrole nitrogens is 1. The van der Waals surface area contributed by atoms with Crippen molar-refractivity contribution in [3.8, 4) is 0 Å². The molecule has 0 spiro atoms. The van der Waals surface area contributed by atoms with E-state index in [0.717, 1.165) is 0 Å². The van der Waals surface area contributed by atoms with E-state index in [-0.39, 0.29) is 11.1 Å². The average molecular weight is 253 g/mol. The van der Waals surface area contributed by atoms with Crippen LogP contribution in [0, 0.1) is 0 Å². The van der Waals surface area contributed by atoms with Gasteiger partial charge in [-0.1, -0.05) is 0 Å². The van der Waals surface area contributed by atoms with Gasteiger partial charge in [0.05, 0.1) is 11.0 Å². The van der Waals surface area contributed by atoms with Crippen LogP contribution in [0.1, 0.15) is 10.4 Å². The van der Waals surface area contributed by atoms with Gasteiger partial charge in [-0.2, -0.15) is 0 Å². The maximum absolute atomic E-state index is 11.4. The van der Waals surface area contributed by atoms with Crippen LogP contribution in [-0.4, -0.2) is 37.6 Å². The fourth-order valence-electron chi connectivity index (χ4n) is 1.42. The van der Waals surface area contributed by atoms with Gasteiger partial charge in [0.25, 0.3) is 5.91 Å². The molecule has 1 heterocycles. The molecule has 0 aliphatic heterocycles. The van der Waals surface area contributed by atoms with E-state index < -0.39 is 9.80 Å². The van der Waals surface area contributed by atoms with Crippen LogP contribution in [-0.2, 0) is 9.80 Å². The van der Waals surface area contributed by atoms with Crippen molar-refractivity contribution in [2.75, 3.05) is 7.05 Å². The number of hydrogen-bond acceptors (Lipinski definition) is 3. The van der Waals surface area contributed by atoms with Crippen LogP contribution < -0.4 is 5.32 Å². The monoisotopic (exact) mass is 253 g/mol. The van der Waals surface area contributed by atoms with Gasteiger partial charge in [0.2, 0.25) is 5.16 Å². The lowest BCUT2D eigenvalue weighted by Gasteiger charge is -1.98. The zero-order chi connectivity index (χ0) is 12.6. The Morgan fingerprint density at radius 1 is 1.59 bits per heavy atom. The topological polar surface area (TPSA) is 95.1 Å². The minimum atomic E-state index is -3.37. The second kappa shape index (κ2) is 3.86. The Labute approximate surface area is 97.9 Å². The van der Waals surface area contributed by atoms with E-state index in [9.17, 15) is 13.6 Å². The summed E-state index contributed by atoms with van der Waals surface area (Å²) in [5.41, 5.74) is 1.48. The molecule has 1 amide bonds. The zero-order valence-electron chi connectivity index (χ0n) is 9.06. The molecule has 90 valence electrons. The number of nitrogens with zero attached hydrogens (tertiary/aromatic N) is 1. The number of carbonyl (C=O) groups excluding carboxylic acids is 1. The number of amides is 1. The lowest BCUT2D eigenvalue weighted by Crippen LogP contribution is -2.17. The summed E-state index contributed by atoms with van der Waals surface area (Å²) in [7, 11) is -1.84. The molecule has 3 N–H and O–H groups in total. The number of aromatic amines is 1. The summed E-state index contributed by atoms with van der Waals surface area (Å²) in [5, 5.41) is 2.40. The second-order valence-electron chi connectivity index (χ2n) is 3.49. The third kappa shape index (κ3) is 2.15. The molecule has 0 fully saturated rings. The minimum Gasteiger partial charge on any atom is -0.355 e. The molecule has 1 aromatic carbocycles. The smallest absolute Gasteiger partial charge is 0.251 e. The molecular weight excluding hydrogens is 242 g/mol. The van der Waals surface area contributed by atoms with E-state index in [1.807, 2.05) is 0 Å². The molecule has 0 aliphatic carbocycles. The van der Waals surface area contributed by atoms with Crippen LogP contribution in [0.5, 0.6) is 0 Å². The maximum Gasteiger partial charge on any atom is 0.251 e. The van der Waals surface area contributed by atoms with Crippen LogP contribution in [0.2, 0.25) is 0 Å². The van der Waals surface area contributed by atoms with E-state index in [4.69, 9.17) is 0 Å². The Morgan fingerprint density at radius 3 is 2.88 bits per heavy atom. The van der Waals surface area contributed by atoms with Crippen molar-refractivity contribution >= 4 is 32.6 Å². The second-order valence-corrected chi connectivity index (χ2v) is 5.16. The number of aromatic nitrogens is 2. The Morgan fingerprint density at radius 2 is 2.29 bits per heavy atom. The quantitative estimate of drug-likeness (QED) is 0.678. The molecule has 1 unspecified atom stereocenters.